The first kappa shape index (κ1) is 17.3. The predicted molar refractivity (Wildman–Crippen MR) is 84.8 cm³/mol. The van der Waals surface area contributed by atoms with Gasteiger partial charge in [0.05, 0.1) is 24.8 Å². The number of hydrogen-bond donors (Lipinski definition) is 0. The number of ether oxygens (including phenoxy) is 3. The molecule has 0 spiro atoms. The Kier molecular flexibility index (Phi) is 7.25. The molecule has 1 fully saturated rings. The van der Waals surface area contributed by atoms with Gasteiger partial charge in [-0.05, 0) is 24.6 Å². The van der Waals surface area contributed by atoms with Crippen molar-refractivity contribution in [2.75, 3.05) is 46.1 Å². The SMILES string of the molecule is O=C(COc1ccc(Cl)cc1Cl)OCCCN1CCOCC1. The Balaban J connectivity index is 1.59. The normalized spacial score (nSPS) is 15.5. The zero-order chi connectivity index (χ0) is 15.8. The Hall–Kier alpha value is -1.01. The molecule has 122 valence electrons. The van der Waals surface area contributed by atoms with Crippen LogP contribution < -0.4 is 4.74 Å². The van der Waals surface area contributed by atoms with Gasteiger partial charge in [0, 0.05) is 24.7 Å². The molecular weight excluding hydrogens is 329 g/mol. The summed E-state index contributed by atoms with van der Waals surface area (Å²) in [6, 6.07) is 4.83. The van der Waals surface area contributed by atoms with Crippen molar-refractivity contribution in [3.63, 3.8) is 0 Å². The van der Waals surface area contributed by atoms with Crippen molar-refractivity contribution in [1.82, 2.24) is 4.90 Å². The lowest BCUT2D eigenvalue weighted by Gasteiger charge is -2.26. The Labute approximate surface area is 140 Å². The second kappa shape index (κ2) is 9.20. The van der Waals surface area contributed by atoms with E-state index < -0.39 is 5.97 Å². The van der Waals surface area contributed by atoms with E-state index in [-0.39, 0.29) is 6.61 Å². The summed E-state index contributed by atoms with van der Waals surface area (Å²) in [6.45, 7) is 4.54. The summed E-state index contributed by atoms with van der Waals surface area (Å²) in [5, 5.41) is 0.885. The molecule has 0 N–H and O–H groups in total. The molecule has 0 atom stereocenters. The molecule has 1 aromatic rings. The quantitative estimate of drug-likeness (QED) is 0.560. The molecule has 1 aromatic carbocycles. The van der Waals surface area contributed by atoms with Crippen LogP contribution in [0, 0.1) is 0 Å². The van der Waals surface area contributed by atoms with Crippen LogP contribution in [0.2, 0.25) is 10.0 Å². The maximum Gasteiger partial charge on any atom is 0.344 e. The highest BCUT2D eigenvalue weighted by Crippen LogP contribution is 2.27. The first-order chi connectivity index (χ1) is 10.6. The maximum atomic E-state index is 11.6. The third-order valence-corrected chi connectivity index (χ3v) is 3.76. The smallest absolute Gasteiger partial charge is 0.344 e. The number of morpholine rings is 1. The third kappa shape index (κ3) is 6.01. The molecular formula is C15H19Cl2NO4. The summed E-state index contributed by atoms with van der Waals surface area (Å²) in [4.78, 5) is 13.9. The molecule has 1 aliphatic heterocycles. The van der Waals surface area contributed by atoms with E-state index in [4.69, 9.17) is 37.4 Å². The van der Waals surface area contributed by atoms with Crippen LogP contribution in [0.5, 0.6) is 5.75 Å². The zero-order valence-electron chi connectivity index (χ0n) is 12.2. The monoisotopic (exact) mass is 347 g/mol. The molecule has 0 bridgehead atoms. The molecule has 0 radical (unpaired) electrons. The number of nitrogens with zero attached hydrogens (tertiary/aromatic N) is 1. The minimum absolute atomic E-state index is 0.168. The van der Waals surface area contributed by atoms with Crippen molar-refractivity contribution >= 4 is 29.2 Å². The molecule has 0 unspecified atom stereocenters. The molecule has 0 aromatic heterocycles. The van der Waals surface area contributed by atoms with E-state index in [0.717, 1.165) is 39.3 Å². The lowest BCUT2D eigenvalue weighted by molar-refractivity contribution is -0.146. The highest BCUT2D eigenvalue weighted by molar-refractivity contribution is 6.35. The van der Waals surface area contributed by atoms with Crippen LogP contribution in [-0.4, -0.2) is 56.9 Å². The van der Waals surface area contributed by atoms with Gasteiger partial charge in [-0.25, -0.2) is 4.79 Å². The van der Waals surface area contributed by atoms with Crippen LogP contribution in [0.25, 0.3) is 0 Å². The van der Waals surface area contributed by atoms with E-state index in [0.29, 0.717) is 22.4 Å². The van der Waals surface area contributed by atoms with E-state index in [1.165, 1.54) is 0 Å². The minimum Gasteiger partial charge on any atom is -0.480 e. The summed E-state index contributed by atoms with van der Waals surface area (Å²) in [5.41, 5.74) is 0. The summed E-state index contributed by atoms with van der Waals surface area (Å²) in [6.07, 6.45) is 0.799. The van der Waals surface area contributed by atoms with Gasteiger partial charge in [-0.15, -0.1) is 0 Å². The number of halogens is 2. The zero-order valence-corrected chi connectivity index (χ0v) is 13.7. The van der Waals surface area contributed by atoms with Gasteiger partial charge in [-0.3, -0.25) is 4.90 Å². The fraction of sp³-hybridized carbons (Fsp3) is 0.533. The Morgan fingerprint density at radius 2 is 2.05 bits per heavy atom. The van der Waals surface area contributed by atoms with Crippen LogP contribution in [-0.2, 0) is 14.3 Å². The maximum absolute atomic E-state index is 11.6. The Bertz CT molecular complexity index is 492. The molecule has 1 saturated heterocycles. The summed E-state index contributed by atoms with van der Waals surface area (Å²) >= 11 is 11.7. The largest absolute Gasteiger partial charge is 0.480 e. The standard InChI is InChI=1S/C15H19Cl2NO4/c16-12-2-3-14(13(17)10-12)22-11-15(19)21-7-1-4-18-5-8-20-9-6-18/h2-3,10H,1,4-9,11H2. The number of rotatable bonds is 7. The highest BCUT2D eigenvalue weighted by atomic mass is 35.5. The van der Waals surface area contributed by atoms with Crippen LogP contribution in [0.3, 0.4) is 0 Å². The van der Waals surface area contributed by atoms with Gasteiger partial charge in [-0.2, -0.15) is 0 Å². The van der Waals surface area contributed by atoms with E-state index in [1.54, 1.807) is 18.2 Å². The number of carbonyl (C=O) groups is 1. The van der Waals surface area contributed by atoms with Crippen molar-refractivity contribution in [3.8, 4) is 5.75 Å². The Morgan fingerprint density at radius 3 is 2.77 bits per heavy atom. The van der Waals surface area contributed by atoms with E-state index in [1.807, 2.05) is 0 Å². The lowest BCUT2D eigenvalue weighted by Crippen LogP contribution is -2.37. The van der Waals surface area contributed by atoms with Gasteiger partial charge in [0.1, 0.15) is 5.75 Å². The summed E-state index contributed by atoms with van der Waals surface area (Å²) < 4.78 is 15.7. The van der Waals surface area contributed by atoms with Crippen LogP contribution in [0.4, 0.5) is 0 Å². The second-order valence-electron chi connectivity index (χ2n) is 4.89. The van der Waals surface area contributed by atoms with Crippen LogP contribution >= 0.6 is 23.2 Å². The predicted octanol–water partition coefficient (Wildman–Crippen LogP) is 2.64. The second-order valence-corrected chi connectivity index (χ2v) is 5.74. The van der Waals surface area contributed by atoms with Crippen molar-refractivity contribution in [2.45, 2.75) is 6.42 Å². The molecule has 0 aliphatic carbocycles. The summed E-state index contributed by atoms with van der Waals surface area (Å²) in [7, 11) is 0. The van der Waals surface area contributed by atoms with Gasteiger partial charge in [0.2, 0.25) is 0 Å². The molecule has 22 heavy (non-hydrogen) atoms. The molecule has 0 amide bonds. The average molecular weight is 348 g/mol. The molecule has 7 heteroatoms. The number of carbonyl (C=O) groups excluding carboxylic acids is 1. The average Bonchev–Trinajstić information content (AvgIpc) is 2.52. The van der Waals surface area contributed by atoms with Crippen molar-refractivity contribution < 1.29 is 19.0 Å². The molecule has 2 rings (SSSR count). The molecule has 0 saturated carbocycles. The van der Waals surface area contributed by atoms with Gasteiger partial charge < -0.3 is 14.2 Å². The number of esters is 1. The topological polar surface area (TPSA) is 48.0 Å². The van der Waals surface area contributed by atoms with E-state index in [2.05, 4.69) is 4.90 Å². The third-order valence-electron chi connectivity index (χ3n) is 3.22. The van der Waals surface area contributed by atoms with Crippen LogP contribution in [0.15, 0.2) is 18.2 Å². The molecule has 1 heterocycles. The Morgan fingerprint density at radius 1 is 1.27 bits per heavy atom. The van der Waals surface area contributed by atoms with Crippen molar-refractivity contribution in [3.05, 3.63) is 28.2 Å². The molecule has 5 nitrogen and oxygen atoms in total. The fourth-order valence-electron chi connectivity index (χ4n) is 2.07. The summed E-state index contributed by atoms with van der Waals surface area (Å²) in [5.74, 6) is 0.00401. The van der Waals surface area contributed by atoms with Crippen molar-refractivity contribution in [1.29, 1.82) is 0 Å². The highest BCUT2D eigenvalue weighted by Gasteiger charge is 2.11. The van der Waals surface area contributed by atoms with Gasteiger partial charge in [0.15, 0.2) is 6.61 Å². The minimum atomic E-state index is -0.409. The van der Waals surface area contributed by atoms with Gasteiger partial charge in [-0.1, -0.05) is 23.2 Å². The van der Waals surface area contributed by atoms with E-state index >= 15 is 0 Å². The van der Waals surface area contributed by atoms with Crippen LogP contribution in [0.1, 0.15) is 6.42 Å². The fourth-order valence-corrected chi connectivity index (χ4v) is 2.53. The molecule has 1 aliphatic rings. The first-order valence-corrected chi connectivity index (χ1v) is 7.94. The van der Waals surface area contributed by atoms with Gasteiger partial charge >= 0.3 is 5.97 Å². The lowest BCUT2D eigenvalue weighted by atomic mass is 10.3. The first-order valence-electron chi connectivity index (χ1n) is 7.19. The van der Waals surface area contributed by atoms with Gasteiger partial charge in [0.25, 0.3) is 0 Å². The number of benzene rings is 1. The van der Waals surface area contributed by atoms with Crippen molar-refractivity contribution in [2.24, 2.45) is 0 Å². The number of hydrogen-bond acceptors (Lipinski definition) is 5. The van der Waals surface area contributed by atoms with E-state index in [9.17, 15) is 4.79 Å².